The molecule has 0 aliphatic carbocycles. The van der Waals surface area contributed by atoms with Gasteiger partial charge in [-0.15, -0.1) is 0 Å². The first-order chi connectivity index (χ1) is 3.77. The average Bonchev–Trinajstić information content (AvgIpc) is 1.66. The van der Waals surface area contributed by atoms with Crippen LogP contribution in [0.15, 0.2) is 23.2 Å². The third-order valence-corrected chi connectivity index (χ3v) is 0.996. The highest BCUT2D eigenvalue weighted by Crippen LogP contribution is 1.89. The van der Waals surface area contributed by atoms with Crippen molar-refractivity contribution < 1.29 is 0 Å². The van der Waals surface area contributed by atoms with E-state index in [0.717, 1.165) is 0 Å². The second-order valence-corrected chi connectivity index (χ2v) is 2.41. The van der Waals surface area contributed by atoms with E-state index in [1.807, 2.05) is 0 Å². The van der Waals surface area contributed by atoms with Crippen LogP contribution in [0.25, 0.3) is 0 Å². The predicted molar refractivity (Wildman–Crippen MR) is 43.9 cm³/mol. The molecule has 0 saturated carbocycles. The molecule has 0 heterocycles. The minimum atomic E-state index is 0.378. The van der Waals surface area contributed by atoms with E-state index in [2.05, 4.69) is 31.9 Å². The van der Waals surface area contributed by atoms with Crippen molar-refractivity contribution in [3.63, 3.8) is 0 Å². The Labute approximate surface area is 65.2 Å². The summed E-state index contributed by atoms with van der Waals surface area (Å²) in [5.41, 5.74) is 0. The number of hydrogen-bond donors (Lipinski definition) is 1. The minimum absolute atomic E-state index is 0.378. The van der Waals surface area contributed by atoms with Crippen LogP contribution in [0.2, 0.25) is 0 Å². The normalized spacial score (nSPS) is 11.2. The number of hydrogen-bond acceptors (Lipinski definition) is 1. The molecular formula is C5H5Br2N. The van der Waals surface area contributed by atoms with E-state index < -0.39 is 0 Å². The maximum atomic E-state index is 6.85. The molecule has 0 aromatic rings. The zero-order valence-corrected chi connectivity index (χ0v) is 7.24. The van der Waals surface area contributed by atoms with Gasteiger partial charge in [0.1, 0.15) is 0 Å². The van der Waals surface area contributed by atoms with Crippen LogP contribution in [0.1, 0.15) is 0 Å². The lowest BCUT2D eigenvalue weighted by Gasteiger charge is -1.73. The van der Waals surface area contributed by atoms with Crippen molar-refractivity contribution in [2.24, 2.45) is 0 Å². The molecule has 0 spiro atoms. The Morgan fingerprint density at radius 1 is 1.38 bits per heavy atom. The third kappa shape index (κ3) is 6.11. The highest BCUT2D eigenvalue weighted by Gasteiger charge is 1.72. The van der Waals surface area contributed by atoms with Gasteiger partial charge < -0.3 is 0 Å². The predicted octanol–water partition coefficient (Wildman–Crippen LogP) is 2.82. The maximum Gasteiger partial charge on any atom is 0.0966 e. The van der Waals surface area contributed by atoms with Crippen LogP contribution < -0.4 is 0 Å². The van der Waals surface area contributed by atoms with Gasteiger partial charge in [0.25, 0.3) is 0 Å². The van der Waals surface area contributed by atoms with Crippen molar-refractivity contribution in [2.75, 3.05) is 0 Å². The van der Waals surface area contributed by atoms with Gasteiger partial charge >= 0.3 is 0 Å². The van der Waals surface area contributed by atoms with E-state index >= 15 is 0 Å². The summed E-state index contributed by atoms with van der Waals surface area (Å²) in [7, 11) is 0. The van der Waals surface area contributed by atoms with E-state index in [1.165, 1.54) is 0 Å². The average molecular weight is 239 g/mol. The summed E-state index contributed by atoms with van der Waals surface area (Å²) in [4.78, 5) is 1.72. The molecule has 8 heavy (non-hydrogen) atoms. The van der Waals surface area contributed by atoms with Crippen molar-refractivity contribution in [3.05, 3.63) is 23.2 Å². The molecule has 0 aliphatic rings. The monoisotopic (exact) mass is 237 g/mol. The summed E-state index contributed by atoms with van der Waals surface area (Å²) in [5.74, 6) is 0. The van der Waals surface area contributed by atoms with Gasteiger partial charge in [0.05, 0.1) is 4.62 Å². The molecule has 0 aliphatic heterocycles. The van der Waals surface area contributed by atoms with Crippen molar-refractivity contribution >= 4 is 36.5 Å². The second-order valence-electron chi connectivity index (χ2n) is 1.03. The lowest BCUT2D eigenvalue weighted by atomic mass is 10.5. The van der Waals surface area contributed by atoms with E-state index in [4.69, 9.17) is 5.41 Å². The third-order valence-electron chi connectivity index (χ3n) is 0.426. The topological polar surface area (TPSA) is 23.9 Å². The van der Waals surface area contributed by atoms with Crippen molar-refractivity contribution in [1.29, 1.82) is 5.41 Å². The van der Waals surface area contributed by atoms with E-state index in [0.29, 0.717) is 4.62 Å². The lowest BCUT2D eigenvalue weighted by molar-refractivity contribution is 1.57. The highest BCUT2D eigenvalue weighted by atomic mass is 79.9. The second kappa shape index (κ2) is 5.25. The minimum Gasteiger partial charge on any atom is -0.293 e. The summed E-state index contributed by atoms with van der Waals surface area (Å²) in [6.45, 7) is 0. The standard InChI is InChI=1S/C5H5Br2N/c6-4-2-1-3-5(7)8/h1-4,8H. The molecule has 0 unspecified atom stereocenters. The van der Waals surface area contributed by atoms with Crippen molar-refractivity contribution in [3.8, 4) is 0 Å². The molecule has 1 nitrogen and oxygen atoms in total. The maximum absolute atomic E-state index is 6.85. The Hall–Kier alpha value is 0.110. The van der Waals surface area contributed by atoms with Crippen LogP contribution in [0.3, 0.4) is 0 Å². The van der Waals surface area contributed by atoms with Crippen molar-refractivity contribution in [2.45, 2.75) is 0 Å². The Bertz CT molecular complexity index is 126. The lowest BCUT2D eigenvalue weighted by Crippen LogP contribution is -1.67. The van der Waals surface area contributed by atoms with Gasteiger partial charge in [-0.05, 0) is 27.0 Å². The van der Waals surface area contributed by atoms with Gasteiger partial charge in [0.15, 0.2) is 0 Å². The molecule has 0 rings (SSSR count). The largest absolute Gasteiger partial charge is 0.293 e. The van der Waals surface area contributed by atoms with Crippen LogP contribution >= 0.6 is 31.9 Å². The van der Waals surface area contributed by atoms with Gasteiger partial charge in [-0.25, -0.2) is 0 Å². The van der Waals surface area contributed by atoms with Crippen LogP contribution in [0.5, 0.6) is 0 Å². The van der Waals surface area contributed by atoms with Crippen LogP contribution in [-0.4, -0.2) is 4.62 Å². The quantitative estimate of drug-likeness (QED) is 0.565. The first kappa shape index (κ1) is 8.11. The number of rotatable bonds is 2. The fraction of sp³-hybridized carbons (Fsp3) is 0. The molecule has 0 bridgehead atoms. The fourth-order valence-electron chi connectivity index (χ4n) is 0.182. The van der Waals surface area contributed by atoms with Crippen LogP contribution in [0.4, 0.5) is 0 Å². The number of halogens is 2. The molecule has 0 aromatic carbocycles. The number of nitrogens with one attached hydrogen (secondary N) is 1. The smallest absolute Gasteiger partial charge is 0.0966 e. The molecule has 0 fully saturated rings. The van der Waals surface area contributed by atoms with Gasteiger partial charge in [-0.3, -0.25) is 5.41 Å². The Kier molecular flexibility index (Phi) is 5.32. The molecule has 0 atom stereocenters. The molecule has 1 N–H and O–H groups in total. The van der Waals surface area contributed by atoms with Gasteiger partial charge in [0.2, 0.25) is 0 Å². The van der Waals surface area contributed by atoms with E-state index in [1.54, 1.807) is 23.2 Å². The van der Waals surface area contributed by atoms with E-state index in [-0.39, 0.29) is 0 Å². The molecule has 0 aromatic heterocycles. The zero-order valence-electron chi connectivity index (χ0n) is 4.07. The molecule has 0 amide bonds. The van der Waals surface area contributed by atoms with Gasteiger partial charge in [0, 0.05) is 0 Å². The summed E-state index contributed by atoms with van der Waals surface area (Å²) in [6, 6.07) is 0. The fourth-order valence-corrected chi connectivity index (χ4v) is 0.511. The van der Waals surface area contributed by atoms with Crippen molar-refractivity contribution in [1.82, 2.24) is 0 Å². The summed E-state index contributed by atoms with van der Waals surface area (Å²) >= 11 is 6.03. The first-order valence-electron chi connectivity index (χ1n) is 1.95. The molecule has 44 valence electrons. The molecule has 3 heteroatoms. The summed E-state index contributed by atoms with van der Waals surface area (Å²) in [6.07, 6.45) is 5.18. The number of allylic oxidation sites excluding steroid dienone is 3. The Morgan fingerprint density at radius 2 is 2.00 bits per heavy atom. The van der Waals surface area contributed by atoms with Crippen LogP contribution in [0, 0.1) is 5.41 Å². The van der Waals surface area contributed by atoms with Gasteiger partial charge in [-0.2, -0.15) is 0 Å². The molecule has 0 saturated heterocycles. The molecular weight excluding hydrogens is 234 g/mol. The van der Waals surface area contributed by atoms with E-state index in [9.17, 15) is 0 Å². The van der Waals surface area contributed by atoms with Gasteiger partial charge in [-0.1, -0.05) is 28.1 Å². The molecule has 0 radical (unpaired) electrons. The van der Waals surface area contributed by atoms with Crippen LogP contribution in [-0.2, 0) is 0 Å². The summed E-state index contributed by atoms with van der Waals surface area (Å²) < 4.78 is 0.378. The Morgan fingerprint density at radius 3 is 2.38 bits per heavy atom. The zero-order chi connectivity index (χ0) is 6.41. The highest BCUT2D eigenvalue weighted by molar-refractivity contribution is 9.18. The first-order valence-corrected chi connectivity index (χ1v) is 3.65. The SMILES string of the molecule is N=C(Br)C=CC=CBr. The summed E-state index contributed by atoms with van der Waals surface area (Å²) in [5, 5.41) is 6.85. The Balaban J connectivity index is 3.50.